The molecule has 0 spiro atoms. The number of benzene rings is 1. The number of para-hydroxylation sites is 1. The molecule has 6 heteroatoms. The second kappa shape index (κ2) is 8.29. The van der Waals surface area contributed by atoms with Gasteiger partial charge in [0.15, 0.2) is 11.5 Å². The summed E-state index contributed by atoms with van der Waals surface area (Å²) < 4.78 is 11.0. The van der Waals surface area contributed by atoms with Crippen LogP contribution in [0.4, 0.5) is 0 Å². The zero-order valence-electron chi connectivity index (χ0n) is 14.9. The van der Waals surface area contributed by atoms with E-state index in [4.69, 9.17) is 9.26 Å². The van der Waals surface area contributed by atoms with Crippen LogP contribution >= 0.6 is 0 Å². The highest BCUT2D eigenvalue weighted by molar-refractivity contribution is 5.92. The third-order valence-corrected chi connectivity index (χ3v) is 4.01. The highest BCUT2D eigenvalue weighted by atomic mass is 16.5. The van der Waals surface area contributed by atoms with E-state index in [0.29, 0.717) is 18.9 Å². The van der Waals surface area contributed by atoms with Crippen molar-refractivity contribution in [2.45, 2.75) is 13.3 Å². The second-order valence-corrected chi connectivity index (χ2v) is 6.01. The molecule has 0 atom stereocenters. The van der Waals surface area contributed by atoms with Gasteiger partial charge in [0.2, 0.25) is 0 Å². The lowest BCUT2D eigenvalue weighted by molar-refractivity contribution is 0.0777. The molecule has 0 fully saturated rings. The van der Waals surface area contributed by atoms with Gasteiger partial charge < -0.3 is 14.2 Å². The number of aromatic nitrogens is 2. The molecule has 0 aliphatic heterocycles. The topological polar surface area (TPSA) is 68.5 Å². The molecule has 2 heterocycles. The summed E-state index contributed by atoms with van der Waals surface area (Å²) in [4.78, 5) is 18.1. The molecule has 1 amide bonds. The van der Waals surface area contributed by atoms with Gasteiger partial charge in [0, 0.05) is 37.6 Å². The maximum absolute atomic E-state index is 12.5. The van der Waals surface area contributed by atoms with Gasteiger partial charge in [-0.25, -0.2) is 0 Å². The van der Waals surface area contributed by atoms with E-state index >= 15 is 0 Å². The zero-order chi connectivity index (χ0) is 18.4. The average molecular weight is 351 g/mol. The Morgan fingerprint density at radius 2 is 2.08 bits per heavy atom. The van der Waals surface area contributed by atoms with Crippen molar-refractivity contribution in [3.8, 4) is 17.1 Å². The summed E-state index contributed by atoms with van der Waals surface area (Å²) in [5.74, 6) is 1.22. The number of ether oxygens (including phenoxy) is 1. The predicted molar refractivity (Wildman–Crippen MR) is 98.0 cm³/mol. The van der Waals surface area contributed by atoms with Crippen molar-refractivity contribution in [3.63, 3.8) is 0 Å². The summed E-state index contributed by atoms with van der Waals surface area (Å²) in [6.07, 6.45) is 4.07. The fraction of sp³-hybridized carbons (Fsp3) is 0.250. The Balaban J connectivity index is 1.50. The molecule has 0 saturated heterocycles. The fourth-order valence-electron chi connectivity index (χ4n) is 2.52. The summed E-state index contributed by atoms with van der Waals surface area (Å²) in [6, 6.07) is 13.2. The molecule has 0 bridgehead atoms. The molecule has 0 aliphatic rings. The summed E-state index contributed by atoms with van der Waals surface area (Å²) >= 11 is 0. The lowest BCUT2D eigenvalue weighted by Gasteiger charge is -2.16. The van der Waals surface area contributed by atoms with Gasteiger partial charge in [-0.1, -0.05) is 23.4 Å². The van der Waals surface area contributed by atoms with Crippen LogP contribution < -0.4 is 4.74 Å². The first-order chi connectivity index (χ1) is 12.6. The van der Waals surface area contributed by atoms with Gasteiger partial charge in [0.25, 0.3) is 5.91 Å². The second-order valence-electron chi connectivity index (χ2n) is 6.01. The highest BCUT2D eigenvalue weighted by Gasteiger charge is 2.17. The van der Waals surface area contributed by atoms with E-state index in [9.17, 15) is 4.79 Å². The summed E-state index contributed by atoms with van der Waals surface area (Å²) in [6.45, 7) is 3.12. The summed E-state index contributed by atoms with van der Waals surface area (Å²) in [5.41, 5.74) is 2.17. The molecule has 1 aromatic carbocycles. The van der Waals surface area contributed by atoms with Crippen LogP contribution in [0, 0.1) is 6.92 Å². The molecule has 3 rings (SSSR count). The molecule has 0 N–H and O–H groups in total. The molecule has 3 aromatic rings. The van der Waals surface area contributed by atoms with Crippen molar-refractivity contribution in [3.05, 3.63) is 66.1 Å². The molecule has 0 aliphatic carbocycles. The standard InChI is InChI=1S/C20H21N3O3/c1-15-7-3-4-9-18(15)25-12-6-11-23(2)20(24)17-13-19(26-22-17)16-8-5-10-21-14-16/h3-5,7-10,13-14H,6,11-12H2,1-2H3. The Labute approximate surface area is 152 Å². The minimum absolute atomic E-state index is 0.181. The summed E-state index contributed by atoms with van der Waals surface area (Å²) in [7, 11) is 1.74. The normalized spacial score (nSPS) is 10.5. The van der Waals surface area contributed by atoms with Crippen molar-refractivity contribution in [2.75, 3.05) is 20.2 Å². The van der Waals surface area contributed by atoms with E-state index < -0.39 is 0 Å². The van der Waals surface area contributed by atoms with Gasteiger partial charge in [0.1, 0.15) is 5.75 Å². The van der Waals surface area contributed by atoms with Crippen LogP contribution in [0.5, 0.6) is 5.75 Å². The number of carbonyl (C=O) groups excluding carboxylic acids is 1. The van der Waals surface area contributed by atoms with Crippen molar-refractivity contribution >= 4 is 5.91 Å². The van der Waals surface area contributed by atoms with Crippen LogP contribution in [0.2, 0.25) is 0 Å². The minimum Gasteiger partial charge on any atom is -0.493 e. The molecule has 26 heavy (non-hydrogen) atoms. The maximum atomic E-state index is 12.5. The molecule has 134 valence electrons. The van der Waals surface area contributed by atoms with Crippen LogP contribution in [0.15, 0.2) is 59.4 Å². The van der Waals surface area contributed by atoms with Crippen LogP contribution in [0.25, 0.3) is 11.3 Å². The number of rotatable bonds is 7. The van der Waals surface area contributed by atoms with E-state index in [2.05, 4.69) is 10.1 Å². The van der Waals surface area contributed by atoms with Gasteiger partial charge in [-0.05, 0) is 37.1 Å². The van der Waals surface area contributed by atoms with E-state index in [1.165, 1.54) is 0 Å². The molecule has 0 saturated carbocycles. The van der Waals surface area contributed by atoms with Crippen LogP contribution in [-0.2, 0) is 0 Å². The van der Waals surface area contributed by atoms with E-state index in [-0.39, 0.29) is 11.6 Å². The van der Waals surface area contributed by atoms with Crippen LogP contribution in [0.3, 0.4) is 0 Å². The van der Waals surface area contributed by atoms with Crippen LogP contribution in [-0.4, -0.2) is 41.1 Å². The van der Waals surface area contributed by atoms with Gasteiger partial charge in [-0.15, -0.1) is 0 Å². The number of amides is 1. The van der Waals surface area contributed by atoms with Crippen molar-refractivity contribution < 1.29 is 14.1 Å². The van der Waals surface area contributed by atoms with Crippen molar-refractivity contribution in [2.24, 2.45) is 0 Å². The third kappa shape index (κ3) is 4.27. The molecule has 0 radical (unpaired) electrons. The van der Waals surface area contributed by atoms with E-state index in [0.717, 1.165) is 23.3 Å². The Hall–Kier alpha value is -3.15. The maximum Gasteiger partial charge on any atom is 0.275 e. The average Bonchev–Trinajstić information content (AvgIpc) is 3.16. The Bertz CT molecular complexity index is 862. The number of hydrogen-bond donors (Lipinski definition) is 0. The highest BCUT2D eigenvalue weighted by Crippen LogP contribution is 2.19. The number of nitrogens with zero attached hydrogens (tertiary/aromatic N) is 3. The first-order valence-corrected chi connectivity index (χ1v) is 8.46. The number of hydrogen-bond acceptors (Lipinski definition) is 5. The molecular formula is C20H21N3O3. The number of carbonyl (C=O) groups is 1. The molecular weight excluding hydrogens is 330 g/mol. The Morgan fingerprint density at radius 3 is 2.85 bits per heavy atom. The largest absolute Gasteiger partial charge is 0.493 e. The van der Waals surface area contributed by atoms with Crippen LogP contribution in [0.1, 0.15) is 22.5 Å². The molecule has 0 unspecified atom stereocenters. The van der Waals surface area contributed by atoms with E-state index in [1.54, 1.807) is 36.5 Å². The van der Waals surface area contributed by atoms with E-state index in [1.807, 2.05) is 37.3 Å². The van der Waals surface area contributed by atoms with Gasteiger partial charge >= 0.3 is 0 Å². The number of aryl methyl sites for hydroxylation is 1. The summed E-state index contributed by atoms with van der Waals surface area (Å²) in [5, 5.41) is 3.88. The van der Waals surface area contributed by atoms with Crippen molar-refractivity contribution in [1.29, 1.82) is 0 Å². The van der Waals surface area contributed by atoms with Crippen molar-refractivity contribution in [1.82, 2.24) is 15.0 Å². The molecule has 2 aromatic heterocycles. The monoisotopic (exact) mass is 351 g/mol. The molecule has 6 nitrogen and oxygen atoms in total. The Morgan fingerprint density at radius 1 is 1.23 bits per heavy atom. The lowest BCUT2D eigenvalue weighted by Crippen LogP contribution is -2.28. The van der Waals surface area contributed by atoms with Gasteiger partial charge in [-0.3, -0.25) is 9.78 Å². The smallest absolute Gasteiger partial charge is 0.275 e. The predicted octanol–water partition coefficient (Wildman–Crippen LogP) is 3.59. The fourth-order valence-corrected chi connectivity index (χ4v) is 2.52. The Kier molecular flexibility index (Phi) is 5.63. The van der Waals surface area contributed by atoms with Gasteiger partial charge in [-0.2, -0.15) is 0 Å². The number of pyridine rings is 1. The SMILES string of the molecule is Cc1ccccc1OCCCN(C)C(=O)c1cc(-c2cccnc2)on1. The lowest BCUT2D eigenvalue weighted by atomic mass is 10.2. The first-order valence-electron chi connectivity index (χ1n) is 8.46. The van der Waals surface area contributed by atoms with Gasteiger partial charge in [0.05, 0.1) is 6.61 Å². The minimum atomic E-state index is -0.181. The third-order valence-electron chi connectivity index (χ3n) is 4.01. The first kappa shape index (κ1) is 17.7. The quantitative estimate of drug-likeness (QED) is 0.609. The zero-order valence-corrected chi connectivity index (χ0v) is 14.9.